The number of hydrazine groups is 1. The topological polar surface area (TPSA) is 124 Å². The Bertz CT molecular complexity index is 247. The van der Waals surface area contributed by atoms with Crippen LogP contribution in [0.15, 0.2) is 0 Å². The summed E-state index contributed by atoms with van der Waals surface area (Å²) in [6.45, 7) is -1.41. The number of nitrogens with zero attached hydrogens (tertiary/aromatic N) is 1. The van der Waals surface area contributed by atoms with Crippen molar-refractivity contribution in [3.05, 3.63) is 0 Å². The molecule has 0 aromatic heterocycles. The minimum absolute atomic E-state index is 0.0866. The van der Waals surface area contributed by atoms with Crippen LogP contribution >= 0.6 is 0 Å². The van der Waals surface area contributed by atoms with Gasteiger partial charge in [-0.1, -0.05) is 0 Å². The summed E-state index contributed by atoms with van der Waals surface area (Å²) in [6, 6.07) is 0. The first-order chi connectivity index (χ1) is 6.45. The van der Waals surface area contributed by atoms with Crippen LogP contribution in [-0.4, -0.2) is 52.4 Å². The van der Waals surface area contributed by atoms with Crippen molar-refractivity contribution in [2.75, 3.05) is 13.1 Å². The number of rotatable bonds is 6. The minimum Gasteiger partial charge on any atom is -0.480 e. The smallest absolute Gasteiger partial charge is 0.319 e. The number of aldehydes is 1. The SMILES string of the molecule is O=CC(=O)NN(CC(=O)O)CC(=O)O. The molecule has 0 spiro atoms. The van der Waals surface area contributed by atoms with Gasteiger partial charge in [0.15, 0.2) is 0 Å². The quantitative estimate of drug-likeness (QED) is 0.252. The summed E-state index contributed by atoms with van der Waals surface area (Å²) in [5.74, 6) is -3.75. The fraction of sp³-hybridized carbons (Fsp3) is 0.333. The third-order valence-electron chi connectivity index (χ3n) is 1.03. The van der Waals surface area contributed by atoms with Crippen LogP contribution in [0.2, 0.25) is 0 Å². The molecule has 0 aromatic rings. The first-order valence-electron chi connectivity index (χ1n) is 3.40. The second kappa shape index (κ2) is 5.65. The van der Waals surface area contributed by atoms with Crippen LogP contribution in [0.3, 0.4) is 0 Å². The highest BCUT2D eigenvalue weighted by Crippen LogP contribution is 1.82. The van der Waals surface area contributed by atoms with Crippen LogP contribution < -0.4 is 5.43 Å². The molecule has 0 aliphatic carbocycles. The molecular formula is C6H8N2O6. The third kappa shape index (κ3) is 5.66. The van der Waals surface area contributed by atoms with Gasteiger partial charge >= 0.3 is 11.9 Å². The van der Waals surface area contributed by atoms with E-state index >= 15 is 0 Å². The van der Waals surface area contributed by atoms with Gasteiger partial charge in [0.05, 0.1) is 0 Å². The zero-order chi connectivity index (χ0) is 11.1. The molecule has 14 heavy (non-hydrogen) atoms. The van der Waals surface area contributed by atoms with Crippen LogP contribution in [0.1, 0.15) is 0 Å². The monoisotopic (exact) mass is 204 g/mol. The number of amides is 1. The zero-order valence-electron chi connectivity index (χ0n) is 6.97. The predicted molar refractivity (Wildman–Crippen MR) is 41.1 cm³/mol. The second-order valence-corrected chi connectivity index (χ2v) is 2.24. The Morgan fingerprint density at radius 1 is 1.14 bits per heavy atom. The highest BCUT2D eigenvalue weighted by molar-refractivity contribution is 6.23. The molecule has 0 bridgehead atoms. The molecule has 0 atom stereocenters. The van der Waals surface area contributed by atoms with Crippen LogP contribution in [0.4, 0.5) is 0 Å². The van der Waals surface area contributed by atoms with E-state index in [0.717, 1.165) is 0 Å². The maximum atomic E-state index is 10.5. The molecule has 78 valence electrons. The lowest BCUT2D eigenvalue weighted by Crippen LogP contribution is -2.47. The average Bonchev–Trinajstić information content (AvgIpc) is 2.01. The number of nitrogens with one attached hydrogen (secondary N) is 1. The number of carboxylic acids is 2. The Morgan fingerprint density at radius 3 is 1.86 bits per heavy atom. The van der Waals surface area contributed by atoms with Gasteiger partial charge in [0.25, 0.3) is 5.91 Å². The molecule has 0 fully saturated rings. The molecule has 0 unspecified atom stereocenters. The summed E-state index contributed by atoms with van der Waals surface area (Å²) < 4.78 is 0. The van der Waals surface area contributed by atoms with E-state index in [1.165, 1.54) is 0 Å². The summed E-state index contributed by atoms with van der Waals surface area (Å²) in [5, 5.41) is 17.2. The number of carbonyl (C=O) groups excluding carboxylic acids is 2. The Kier molecular flexibility index (Phi) is 4.86. The Hall–Kier alpha value is -1.96. The fourth-order valence-corrected chi connectivity index (χ4v) is 0.644. The predicted octanol–water partition coefficient (Wildman–Crippen LogP) is -2.31. The molecular weight excluding hydrogens is 196 g/mol. The number of hydrogen-bond donors (Lipinski definition) is 3. The maximum absolute atomic E-state index is 10.5. The van der Waals surface area contributed by atoms with E-state index in [1.807, 2.05) is 0 Å². The van der Waals surface area contributed by atoms with Crippen LogP contribution in [0, 0.1) is 0 Å². The zero-order valence-corrected chi connectivity index (χ0v) is 6.97. The van der Waals surface area contributed by atoms with Crippen LogP contribution in [0.5, 0.6) is 0 Å². The molecule has 8 nitrogen and oxygen atoms in total. The highest BCUT2D eigenvalue weighted by atomic mass is 16.4. The van der Waals surface area contributed by atoms with Gasteiger partial charge in [-0.25, -0.2) is 0 Å². The molecule has 0 aliphatic heterocycles. The normalized spacial score (nSPS) is 9.50. The van der Waals surface area contributed by atoms with Crippen molar-refractivity contribution in [1.82, 2.24) is 10.4 Å². The first-order valence-corrected chi connectivity index (χ1v) is 3.40. The molecule has 3 N–H and O–H groups in total. The Morgan fingerprint density at radius 2 is 1.57 bits per heavy atom. The molecule has 0 rings (SSSR count). The van der Waals surface area contributed by atoms with Gasteiger partial charge in [-0.15, -0.1) is 0 Å². The molecule has 8 heteroatoms. The van der Waals surface area contributed by atoms with Crippen molar-refractivity contribution in [2.24, 2.45) is 0 Å². The largest absolute Gasteiger partial charge is 0.480 e. The molecule has 0 heterocycles. The summed E-state index contributed by atoms with van der Waals surface area (Å²) in [7, 11) is 0. The molecule has 0 saturated heterocycles. The van der Waals surface area contributed by atoms with Crippen LogP contribution in [-0.2, 0) is 19.2 Å². The van der Waals surface area contributed by atoms with Gasteiger partial charge in [-0.3, -0.25) is 24.6 Å². The van der Waals surface area contributed by atoms with E-state index < -0.39 is 30.9 Å². The lowest BCUT2D eigenvalue weighted by atomic mass is 10.5. The number of aliphatic carboxylic acids is 2. The summed E-state index contributed by atoms with van der Waals surface area (Å²) >= 11 is 0. The van der Waals surface area contributed by atoms with Crippen molar-refractivity contribution >= 4 is 24.1 Å². The Balaban J connectivity index is 4.23. The number of carbonyl (C=O) groups is 4. The fourth-order valence-electron chi connectivity index (χ4n) is 0.644. The molecule has 1 amide bonds. The van der Waals surface area contributed by atoms with E-state index in [1.54, 1.807) is 5.43 Å². The van der Waals surface area contributed by atoms with E-state index in [2.05, 4.69) is 0 Å². The van der Waals surface area contributed by atoms with Gasteiger partial charge in [-0.05, 0) is 0 Å². The van der Waals surface area contributed by atoms with Crippen molar-refractivity contribution < 1.29 is 29.4 Å². The Labute approximate surface area is 78.1 Å². The van der Waals surface area contributed by atoms with E-state index in [9.17, 15) is 19.2 Å². The molecule has 0 aromatic carbocycles. The van der Waals surface area contributed by atoms with Crippen molar-refractivity contribution in [1.29, 1.82) is 0 Å². The van der Waals surface area contributed by atoms with Crippen molar-refractivity contribution in [2.45, 2.75) is 0 Å². The highest BCUT2D eigenvalue weighted by Gasteiger charge is 2.15. The third-order valence-corrected chi connectivity index (χ3v) is 1.03. The molecule has 0 saturated carbocycles. The van der Waals surface area contributed by atoms with E-state index in [0.29, 0.717) is 5.01 Å². The van der Waals surface area contributed by atoms with Crippen molar-refractivity contribution in [3.63, 3.8) is 0 Å². The summed E-state index contributed by atoms with van der Waals surface area (Å²) in [6.07, 6.45) is -0.0866. The lowest BCUT2D eigenvalue weighted by molar-refractivity contribution is -0.146. The standard InChI is InChI=1S/C6H8N2O6/c9-3-4(10)7-8(1-5(11)12)2-6(13)14/h3H,1-2H2,(H,7,10)(H,11,12)(H,13,14). The second-order valence-electron chi connectivity index (χ2n) is 2.24. The van der Waals surface area contributed by atoms with Gasteiger partial charge < -0.3 is 10.2 Å². The molecule has 0 radical (unpaired) electrons. The van der Waals surface area contributed by atoms with Gasteiger partial charge in [0.2, 0.25) is 6.29 Å². The van der Waals surface area contributed by atoms with Gasteiger partial charge in [0.1, 0.15) is 13.1 Å². The van der Waals surface area contributed by atoms with Crippen LogP contribution in [0.25, 0.3) is 0 Å². The first kappa shape index (κ1) is 12.0. The number of carboxylic acid groups (broad SMARTS) is 2. The molecule has 0 aliphatic rings. The maximum Gasteiger partial charge on any atom is 0.319 e. The summed E-state index contributed by atoms with van der Waals surface area (Å²) in [5.41, 5.74) is 1.79. The van der Waals surface area contributed by atoms with Gasteiger partial charge in [-0.2, -0.15) is 5.01 Å². The van der Waals surface area contributed by atoms with E-state index in [-0.39, 0.29) is 6.29 Å². The minimum atomic E-state index is -1.32. The average molecular weight is 204 g/mol. The summed E-state index contributed by atoms with van der Waals surface area (Å²) in [4.78, 5) is 40.7. The lowest BCUT2D eigenvalue weighted by Gasteiger charge is -2.16. The van der Waals surface area contributed by atoms with E-state index in [4.69, 9.17) is 10.2 Å². The van der Waals surface area contributed by atoms with Gasteiger partial charge in [0, 0.05) is 0 Å². The number of hydrogen-bond acceptors (Lipinski definition) is 5. The van der Waals surface area contributed by atoms with Crippen molar-refractivity contribution in [3.8, 4) is 0 Å².